The van der Waals surface area contributed by atoms with Gasteiger partial charge in [-0.05, 0) is 50.2 Å². The Morgan fingerprint density at radius 1 is 1.15 bits per heavy atom. The first-order chi connectivity index (χ1) is 15.5. The van der Waals surface area contributed by atoms with Gasteiger partial charge in [0.05, 0.1) is 31.5 Å². The zero-order valence-electron chi connectivity index (χ0n) is 17.5. The van der Waals surface area contributed by atoms with Gasteiger partial charge < -0.3 is 15.4 Å². The molecule has 0 radical (unpaired) electrons. The van der Waals surface area contributed by atoms with Gasteiger partial charge in [0.25, 0.3) is 5.56 Å². The fraction of sp³-hybridized carbons (Fsp3) is 0.130. The van der Waals surface area contributed by atoms with E-state index in [1.807, 2.05) is 0 Å². The lowest BCUT2D eigenvalue weighted by Gasteiger charge is -2.14. The number of fused-ring (bicyclic) bond motifs is 3. The standard InChI is InChI=1S/C23H18Cl2N4O3S/c1-23(2,31)7-5-12-3-4-18-15(9-12)19-14(6-8-27-22(19)30)21(28-18)29-20-16(24)10-13(33(26)32)11-17(20)25/h3-4,6,8-11,31H,26H2,1-2H3,(H,27,30)(H,28,29). The number of aromatic nitrogens is 2. The van der Waals surface area contributed by atoms with Crippen molar-refractivity contribution in [2.45, 2.75) is 24.3 Å². The maximum atomic E-state index is 12.8. The molecule has 2 aromatic heterocycles. The van der Waals surface area contributed by atoms with E-state index in [0.717, 1.165) is 0 Å². The van der Waals surface area contributed by atoms with Crippen molar-refractivity contribution in [2.24, 2.45) is 5.14 Å². The van der Waals surface area contributed by atoms with Crippen LogP contribution >= 0.6 is 23.2 Å². The second-order valence-electron chi connectivity index (χ2n) is 7.78. The normalized spacial score (nSPS) is 12.4. The van der Waals surface area contributed by atoms with E-state index in [1.165, 1.54) is 18.3 Å². The van der Waals surface area contributed by atoms with E-state index in [9.17, 15) is 14.1 Å². The van der Waals surface area contributed by atoms with Crippen molar-refractivity contribution in [2.75, 3.05) is 5.32 Å². The molecule has 7 nitrogen and oxygen atoms in total. The molecule has 0 amide bonds. The van der Waals surface area contributed by atoms with E-state index in [1.54, 1.807) is 38.1 Å². The van der Waals surface area contributed by atoms with E-state index in [2.05, 4.69) is 27.1 Å². The van der Waals surface area contributed by atoms with E-state index >= 15 is 0 Å². The second kappa shape index (κ2) is 8.78. The SMILES string of the molecule is CC(C)(O)C#Cc1ccc2nc(Nc3c(Cl)cc(S(N)=O)cc3Cl)c3cc[nH]c(=O)c3c2c1. The summed E-state index contributed by atoms with van der Waals surface area (Å²) in [6, 6.07) is 9.88. The molecular weight excluding hydrogens is 483 g/mol. The van der Waals surface area contributed by atoms with Crippen LogP contribution in [0, 0.1) is 11.8 Å². The highest BCUT2D eigenvalue weighted by Gasteiger charge is 2.16. The van der Waals surface area contributed by atoms with Crippen LogP contribution in [-0.2, 0) is 11.0 Å². The van der Waals surface area contributed by atoms with Gasteiger partial charge in [0, 0.05) is 22.5 Å². The van der Waals surface area contributed by atoms with Crippen LogP contribution in [0.1, 0.15) is 19.4 Å². The number of nitrogens with one attached hydrogen (secondary N) is 2. The Morgan fingerprint density at radius 3 is 2.48 bits per heavy atom. The highest BCUT2D eigenvalue weighted by Crippen LogP contribution is 2.37. The molecule has 10 heteroatoms. The van der Waals surface area contributed by atoms with Crippen molar-refractivity contribution in [3.8, 4) is 11.8 Å². The molecule has 1 atom stereocenters. The highest BCUT2D eigenvalue weighted by atomic mass is 35.5. The Hall–Kier alpha value is -2.93. The van der Waals surface area contributed by atoms with Crippen molar-refractivity contribution < 1.29 is 9.32 Å². The summed E-state index contributed by atoms with van der Waals surface area (Å²) in [7, 11) is -1.74. The van der Waals surface area contributed by atoms with Crippen LogP contribution in [0.5, 0.6) is 0 Å². The third-order valence-corrected chi connectivity index (χ3v) is 6.01. The lowest BCUT2D eigenvalue weighted by atomic mass is 10.0. The van der Waals surface area contributed by atoms with Crippen LogP contribution in [0.4, 0.5) is 11.5 Å². The summed E-state index contributed by atoms with van der Waals surface area (Å²) in [6.45, 7) is 3.18. The Morgan fingerprint density at radius 2 is 1.85 bits per heavy atom. The van der Waals surface area contributed by atoms with Crippen LogP contribution < -0.4 is 16.0 Å². The van der Waals surface area contributed by atoms with Gasteiger partial charge in [-0.2, -0.15) is 0 Å². The van der Waals surface area contributed by atoms with Crippen LogP contribution in [0.3, 0.4) is 0 Å². The second-order valence-corrected chi connectivity index (χ2v) is 9.66. The summed E-state index contributed by atoms with van der Waals surface area (Å²) in [6.07, 6.45) is 1.52. The van der Waals surface area contributed by atoms with Crippen LogP contribution in [-0.4, -0.2) is 24.9 Å². The minimum Gasteiger partial charge on any atom is -0.378 e. The Kier molecular flexibility index (Phi) is 6.18. The Balaban J connectivity index is 1.92. The topological polar surface area (TPSA) is 121 Å². The smallest absolute Gasteiger partial charge is 0.256 e. The number of anilines is 2. The molecule has 4 rings (SSSR count). The predicted octanol–water partition coefficient (Wildman–Crippen LogP) is 4.23. The number of hydrogen-bond donors (Lipinski definition) is 4. The molecule has 1 unspecified atom stereocenters. The van der Waals surface area contributed by atoms with Crippen molar-refractivity contribution in [1.82, 2.24) is 9.97 Å². The first-order valence-corrected chi connectivity index (χ1v) is 11.6. The van der Waals surface area contributed by atoms with Gasteiger partial charge in [0.1, 0.15) is 22.4 Å². The summed E-state index contributed by atoms with van der Waals surface area (Å²) in [5.74, 6) is 6.05. The average molecular weight is 501 g/mol. The van der Waals surface area contributed by atoms with Gasteiger partial charge in [-0.25, -0.2) is 14.3 Å². The van der Waals surface area contributed by atoms with E-state index < -0.39 is 16.6 Å². The molecule has 33 heavy (non-hydrogen) atoms. The molecule has 0 saturated carbocycles. The summed E-state index contributed by atoms with van der Waals surface area (Å²) < 4.78 is 11.6. The molecule has 2 aromatic carbocycles. The minimum atomic E-state index is -1.74. The number of aliphatic hydroxyl groups is 1. The van der Waals surface area contributed by atoms with Crippen LogP contribution in [0.2, 0.25) is 10.0 Å². The summed E-state index contributed by atoms with van der Waals surface area (Å²) in [5.41, 5.74) is 0.0660. The minimum absolute atomic E-state index is 0.202. The monoisotopic (exact) mass is 500 g/mol. The molecule has 0 aliphatic carbocycles. The zero-order valence-corrected chi connectivity index (χ0v) is 19.8. The van der Waals surface area contributed by atoms with Gasteiger partial charge in [-0.3, -0.25) is 4.79 Å². The number of pyridine rings is 2. The van der Waals surface area contributed by atoms with E-state index in [4.69, 9.17) is 28.3 Å². The zero-order chi connectivity index (χ0) is 23.9. The first-order valence-electron chi connectivity index (χ1n) is 9.66. The van der Waals surface area contributed by atoms with Crippen molar-refractivity contribution in [1.29, 1.82) is 0 Å². The first kappa shape index (κ1) is 23.2. The number of H-pyrrole nitrogens is 1. The number of nitrogens with zero attached hydrogens (tertiary/aromatic N) is 1. The van der Waals surface area contributed by atoms with Gasteiger partial charge in [-0.1, -0.05) is 35.0 Å². The number of benzene rings is 2. The van der Waals surface area contributed by atoms with Crippen molar-refractivity contribution in [3.63, 3.8) is 0 Å². The number of aromatic amines is 1. The lowest BCUT2D eigenvalue weighted by Crippen LogP contribution is -2.14. The largest absolute Gasteiger partial charge is 0.378 e. The number of hydrogen-bond acceptors (Lipinski definition) is 5. The fourth-order valence-electron chi connectivity index (χ4n) is 3.26. The quantitative estimate of drug-likeness (QED) is 0.247. The summed E-state index contributed by atoms with van der Waals surface area (Å²) >= 11 is 12.7. The number of nitrogens with two attached hydrogens (primary N) is 1. The van der Waals surface area contributed by atoms with Crippen LogP contribution in [0.25, 0.3) is 21.7 Å². The predicted molar refractivity (Wildman–Crippen MR) is 133 cm³/mol. The summed E-state index contributed by atoms with van der Waals surface area (Å²) in [4.78, 5) is 20.4. The van der Waals surface area contributed by atoms with E-state index in [0.29, 0.717) is 38.7 Å². The number of rotatable bonds is 3. The van der Waals surface area contributed by atoms with Gasteiger partial charge >= 0.3 is 0 Å². The third-order valence-electron chi connectivity index (χ3n) is 4.72. The molecule has 0 bridgehead atoms. The number of halogens is 2. The molecule has 0 saturated heterocycles. The van der Waals surface area contributed by atoms with E-state index in [-0.39, 0.29) is 20.5 Å². The Bertz CT molecular complexity index is 1540. The highest BCUT2D eigenvalue weighted by molar-refractivity contribution is 7.82. The molecule has 4 aromatic rings. The van der Waals surface area contributed by atoms with Gasteiger partial charge in [0.15, 0.2) is 0 Å². The molecule has 0 spiro atoms. The molecule has 2 heterocycles. The molecule has 5 N–H and O–H groups in total. The summed E-state index contributed by atoms with van der Waals surface area (Å²) in [5, 5.41) is 20.4. The average Bonchev–Trinajstić information content (AvgIpc) is 2.74. The molecule has 168 valence electrons. The van der Waals surface area contributed by atoms with Gasteiger partial charge in [-0.15, -0.1) is 0 Å². The van der Waals surface area contributed by atoms with Crippen LogP contribution in [0.15, 0.2) is 52.3 Å². The molecule has 0 aliphatic heterocycles. The van der Waals surface area contributed by atoms with Crippen molar-refractivity contribution in [3.05, 3.63) is 68.6 Å². The fourth-order valence-corrected chi connectivity index (χ4v) is 4.44. The maximum Gasteiger partial charge on any atom is 0.256 e. The van der Waals surface area contributed by atoms with Crippen molar-refractivity contribution >= 4 is 67.4 Å². The molecule has 0 aliphatic rings. The van der Waals surface area contributed by atoms with Gasteiger partial charge in [0.2, 0.25) is 0 Å². The molecular formula is C23H18Cl2N4O3S. The maximum absolute atomic E-state index is 12.8. The molecule has 0 fully saturated rings. The Labute approximate surface area is 201 Å². The lowest BCUT2D eigenvalue weighted by molar-refractivity contribution is 0.143. The third kappa shape index (κ3) is 4.88.